The van der Waals surface area contributed by atoms with Crippen molar-refractivity contribution < 1.29 is 22.7 Å². The minimum absolute atomic E-state index is 0.0402. The van der Waals surface area contributed by atoms with E-state index in [0.717, 1.165) is 67.8 Å². The second kappa shape index (κ2) is 8.22. The number of ether oxygens (including phenoxy) is 2. The van der Waals surface area contributed by atoms with Crippen LogP contribution in [-0.4, -0.2) is 54.9 Å². The zero-order chi connectivity index (χ0) is 25.1. The fourth-order valence-electron chi connectivity index (χ4n) is 5.92. The predicted octanol–water partition coefficient (Wildman–Crippen LogP) is 4.78. The Balaban J connectivity index is 1.20. The van der Waals surface area contributed by atoms with Gasteiger partial charge in [0, 0.05) is 36.9 Å². The van der Waals surface area contributed by atoms with Gasteiger partial charge >= 0.3 is 6.09 Å². The minimum Gasteiger partial charge on any atom is -0.485 e. The van der Waals surface area contributed by atoms with Crippen molar-refractivity contribution >= 4 is 15.9 Å². The van der Waals surface area contributed by atoms with E-state index < -0.39 is 15.4 Å². The maximum Gasteiger partial charge on any atom is 0.410 e. The van der Waals surface area contributed by atoms with Crippen molar-refractivity contribution in [2.45, 2.75) is 69.8 Å². The predicted molar refractivity (Wildman–Crippen MR) is 134 cm³/mol. The van der Waals surface area contributed by atoms with Crippen molar-refractivity contribution in [3.8, 4) is 17.0 Å². The number of hydrogen-bond donors (Lipinski definition) is 0. The Kier molecular flexibility index (Phi) is 5.66. The van der Waals surface area contributed by atoms with E-state index in [9.17, 15) is 13.2 Å². The summed E-state index contributed by atoms with van der Waals surface area (Å²) in [6.07, 6.45) is 7.70. The van der Waals surface area contributed by atoms with Gasteiger partial charge in [0.05, 0.1) is 17.6 Å². The molecule has 5 rings (SSSR count). The Hall–Kier alpha value is -2.61. The molecule has 7 nitrogen and oxygen atoms in total. The highest BCUT2D eigenvalue weighted by molar-refractivity contribution is 7.89. The van der Waals surface area contributed by atoms with E-state index in [1.54, 1.807) is 0 Å². The SMILES string of the molecule is CC(C)(C)OC(=O)N1CCC2(CC1)CC1(Cc3cc(-c4ccc(CS(C)(=O)=O)cc4)ncc3O1)C2. The summed E-state index contributed by atoms with van der Waals surface area (Å²) in [7, 11) is -3.06. The normalized spacial score (nSPS) is 20.3. The molecule has 1 saturated heterocycles. The number of benzene rings is 1. The summed E-state index contributed by atoms with van der Waals surface area (Å²) in [5.74, 6) is 0.905. The van der Waals surface area contributed by atoms with Crippen molar-refractivity contribution in [3.63, 3.8) is 0 Å². The van der Waals surface area contributed by atoms with Crippen molar-refractivity contribution in [3.05, 3.63) is 47.7 Å². The summed E-state index contributed by atoms with van der Waals surface area (Å²) < 4.78 is 35.0. The number of likely N-dealkylation sites (tertiary alicyclic amines) is 1. The molecule has 1 saturated carbocycles. The lowest BCUT2D eigenvalue weighted by Gasteiger charge is -2.56. The molecule has 2 spiro atoms. The van der Waals surface area contributed by atoms with Gasteiger partial charge in [0.15, 0.2) is 9.84 Å². The fourth-order valence-corrected chi connectivity index (χ4v) is 6.72. The molecule has 1 aromatic heterocycles. The zero-order valence-corrected chi connectivity index (χ0v) is 21.8. The maximum absolute atomic E-state index is 12.4. The molecule has 0 bridgehead atoms. The van der Waals surface area contributed by atoms with Gasteiger partial charge in [-0.3, -0.25) is 4.98 Å². The summed E-state index contributed by atoms with van der Waals surface area (Å²) >= 11 is 0. The first-order valence-electron chi connectivity index (χ1n) is 12.3. The van der Waals surface area contributed by atoms with Crippen molar-refractivity contribution in [1.29, 1.82) is 0 Å². The highest BCUT2D eigenvalue weighted by Crippen LogP contribution is 2.60. The number of fused-ring (bicyclic) bond motifs is 1. The van der Waals surface area contributed by atoms with Gasteiger partial charge in [0.2, 0.25) is 0 Å². The quantitative estimate of drug-likeness (QED) is 0.606. The van der Waals surface area contributed by atoms with Crippen LogP contribution in [-0.2, 0) is 26.7 Å². The summed E-state index contributed by atoms with van der Waals surface area (Å²) in [4.78, 5) is 18.8. The second-order valence-electron chi connectivity index (χ2n) is 11.7. The van der Waals surface area contributed by atoms with Gasteiger partial charge in [0.1, 0.15) is 17.0 Å². The van der Waals surface area contributed by atoms with Crippen LogP contribution < -0.4 is 4.74 Å². The summed E-state index contributed by atoms with van der Waals surface area (Å²) in [6.45, 7) is 7.17. The average Bonchev–Trinajstić information content (AvgIpc) is 3.10. The molecule has 3 aliphatic rings. The summed E-state index contributed by atoms with van der Waals surface area (Å²) in [6, 6.07) is 9.66. The van der Waals surface area contributed by atoms with Gasteiger partial charge in [-0.2, -0.15) is 0 Å². The van der Waals surface area contributed by atoms with Gasteiger partial charge < -0.3 is 14.4 Å². The standard InChI is InChI=1S/C27H34N2O5S/c1-25(2,3)34-24(30)29-11-9-26(10-12-29)17-27(18-26)14-21-13-22(28-15-23(21)33-27)20-7-5-19(6-8-20)16-35(4,31)32/h5-8,13,15H,9-12,14,16-18H2,1-4H3. The Labute approximate surface area is 207 Å². The van der Waals surface area contributed by atoms with E-state index in [4.69, 9.17) is 9.47 Å². The van der Waals surface area contributed by atoms with Crippen LogP contribution in [0.4, 0.5) is 4.79 Å². The third kappa shape index (κ3) is 5.17. The first-order valence-corrected chi connectivity index (χ1v) is 14.3. The molecular weight excluding hydrogens is 464 g/mol. The molecule has 35 heavy (non-hydrogen) atoms. The number of carbonyl (C=O) groups is 1. The van der Waals surface area contributed by atoms with E-state index in [2.05, 4.69) is 11.1 Å². The molecule has 1 amide bonds. The van der Waals surface area contributed by atoms with Gasteiger partial charge in [-0.25, -0.2) is 13.2 Å². The number of rotatable bonds is 3. The van der Waals surface area contributed by atoms with Crippen molar-refractivity contribution in [2.24, 2.45) is 5.41 Å². The molecular formula is C27H34N2O5S. The van der Waals surface area contributed by atoms with E-state index in [0.29, 0.717) is 0 Å². The van der Waals surface area contributed by atoms with Crippen LogP contribution in [0.3, 0.4) is 0 Å². The first kappa shape index (κ1) is 24.1. The van der Waals surface area contributed by atoms with Crippen LogP contribution in [0.1, 0.15) is 57.6 Å². The number of aromatic nitrogens is 1. The van der Waals surface area contributed by atoms with Crippen LogP contribution in [0, 0.1) is 5.41 Å². The van der Waals surface area contributed by atoms with Crippen molar-refractivity contribution in [2.75, 3.05) is 19.3 Å². The smallest absolute Gasteiger partial charge is 0.410 e. The number of pyridine rings is 1. The molecule has 0 radical (unpaired) electrons. The van der Waals surface area contributed by atoms with Gasteiger partial charge in [-0.1, -0.05) is 24.3 Å². The highest BCUT2D eigenvalue weighted by atomic mass is 32.2. The van der Waals surface area contributed by atoms with E-state index in [-0.39, 0.29) is 22.9 Å². The Morgan fingerprint density at radius 1 is 1.14 bits per heavy atom. The summed E-state index contributed by atoms with van der Waals surface area (Å²) in [5.41, 5.74) is 3.40. The third-order valence-corrected chi connectivity index (χ3v) is 8.19. The second-order valence-corrected chi connectivity index (χ2v) is 13.9. The van der Waals surface area contributed by atoms with Gasteiger partial charge in [-0.05, 0) is 63.5 Å². The molecule has 2 aromatic rings. The van der Waals surface area contributed by atoms with Crippen LogP contribution in [0.2, 0.25) is 0 Å². The van der Waals surface area contributed by atoms with Crippen LogP contribution >= 0.6 is 0 Å². The van der Waals surface area contributed by atoms with Crippen LogP contribution in [0.25, 0.3) is 11.3 Å². The molecule has 0 N–H and O–H groups in total. The molecule has 3 heterocycles. The highest BCUT2D eigenvalue weighted by Gasteiger charge is 2.59. The number of hydrogen-bond acceptors (Lipinski definition) is 6. The Morgan fingerprint density at radius 2 is 1.80 bits per heavy atom. The molecule has 2 aliphatic heterocycles. The maximum atomic E-state index is 12.4. The number of piperidine rings is 1. The molecule has 1 aliphatic carbocycles. The first-order chi connectivity index (χ1) is 16.3. The van der Waals surface area contributed by atoms with Crippen LogP contribution in [0.15, 0.2) is 36.5 Å². The van der Waals surface area contributed by atoms with Crippen LogP contribution in [0.5, 0.6) is 5.75 Å². The van der Waals surface area contributed by atoms with E-state index in [1.807, 2.05) is 56.1 Å². The van der Waals surface area contributed by atoms with E-state index >= 15 is 0 Å². The lowest BCUT2D eigenvalue weighted by molar-refractivity contribution is -0.120. The topological polar surface area (TPSA) is 85.8 Å². The molecule has 188 valence electrons. The number of amides is 1. The molecule has 8 heteroatoms. The zero-order valence-electron chi connectivity index (χ0n) is 21.0. The molecule has 2 fully saturated rings. The Bertz CT molecular complexity index is 1230. The number of sulfone groups is 1. The number of nitrogens with zero attached hydrogens (tertiary/aromatic N) is 2. The third-order valence-electron chi connectivity index (χ3n) is 7.34. The number of carbonyl (C=O) groups excluding carboxylic acids is 1. The summed E-state index contributed by atoms with van der Waals surface area (Å²) in [5, 5.41) is 0. The monoisotopic (exact) mass is 498 g/mol. The largest absolute Gasteiger partial charge is 0.485 e. The molecule has 0 unspecified atom stereocenters. The fraction of sp³-hybridized carbons (Fsp3) is 0.556. The van der Waals surface area contributed by atoms with Gasteiger partial charge in [-0.15, -0.1) is 0 Å². The Morgan fingerprint density at radius 3 is 2.40 bits per heavy atom. The lowest BCUT2D eigenvalue weighted by atomic mass is 9.54. The molecule has 1 aromatic carbocycles. The van der Waals surface area contributed by atoms with Gasteiger partial charge in [0.25, 0.3) is 0 Å². The van der Waals surface area contributed by atoms with E-state index in [1.165, 1.54) is 11.8 Å². The van der Waals surface area contributed by atoms with Crippen molar-refractivity contribution in [1.82, 2.24) is 9.88 Å². The lowest BCUT2D eigenvalue weighted by Crippen LogP contribution is -2.59. The minimum atomic E-state index is -3.06. The molecule has 0 atom stereocenters. The average molecular weight is 499 g/mol.